The number of urea groups is 1. The Morgan fingerprint density at radius 3 is 2.29 bits per heavy atom. The van der Waals surface area contributed by atoms with Gasteiger partial charge in [-0.1, -0.05) is 0 Å². The second-order valence-electron chi connectivity index (χ2n) is 4.86. The molecule has 0 saturated heterocycles. The van der Waals surface area contributed by atoms with E-state index in [1.54, 1.807) is 0 Å². The molecule has 0 bridgehead atoms. The van der Waals surface area contributed by atoms with E-state index < -0.39 is 23.9 Å². The van der Waals surface area contributed by atoms with Gasteiger partial charge < -0.3 is 26.8 Å². The van der Waals surface area contributed by atoms with Crippen molar-refractivity contribution in [1.82, 2.24) is 16.0 Å². The summed E-state index contributed by atoms with van der Waals surface area (Å²) in [4.78, 5) is 44.3. The van der Waals surface area contributed by atoms with Crippen LogP contribution in [0.4, 0.5) is 4.79 Å². The number of carbonyl (C=O) groups excluding carboxylic acids is 3. The molecule has 0 spiro atoms. The average molecular weight is 300 g/mol. The minimum atomic E-state index is -1.24. The lowest BCUT2D eigenvalue weighted by molar-refractivity contribution is -0.139. The van der Waals surface area contributed by atoms with Gasteiger partial charge in [-0.15, -0.1) is 0 Å². The summed E-state index contributed by atoms with van der Waals surface area (Å²) in [6.45, 7) is 0.466. The van der Waals surface area contributed by atoms with E-state index in [2.05, 4.69) is 16.0 Å². The number of carbonyl (C=O) groups is 4. The number of amides is 4. The topological polar surface area (TPSA) is 151 Å². The summed E-state index contributed by atoms with van der Waals surface area (Å²) in [6.07, 6.45) is 1.60. The molecule has 1 aliphatic carbocycles. The Balaban J connectivity index is 2.18. The first-order valence-electron chi connectivity index (χ1n) is 6.73. The Kier molecular flexibility index (Phi) is 6.44. The van der Waals surface area contributed by atoms with E-state index in [9.17, 15) is 19.2 Å². The molecule has 1 fully saturated rings. The van der Waals surface area contributed by atoms with Crippen LogP contribution >= 0.6 is 0 Å². The van der Waals surface area contributed by atoms with Crippen molar-refractivity contribution in [2.24, 2.45) is 11.7 Å². The molecule has 21 heavy (non-hydrogen) atoms. The smallest absolute Gasteiger partial charge is 0.326 e. The van der Waals surface area contributed by atoms with Gasteiger partial charge in [0.05, 0.1) is 0 Å². The third-order valence-corrected chi connectivity index (χ3v) is 2.94. The lowest BCUT2D eigenvalue weighted by Crippen LogP contribution is -2.47. The highest BCUT2D eigenvalue weighted by Crippen LogP contribution is 2.28. The molecule has 1 atom stereocenters. The summed E-state index contributed by atoms with van der Waals surface area (Å²) in [5.41, 5.74) is 4.93. The van der Waals surface area contributed by atoms with E-state index in [0.29, 0.717) is 0 Å². The van der Waals surface area contributed by atoms with Crippen molar-refractivity contribution in [1.29, 1.82) is 0 Å². The fraction of sp³-hybridized carbons (Fsp3) is 0.667. The Hall–Kier alpha value is -2.32. The third-order valence-electron chi connectivity index (χ3n) is 2.94. The normalized spacial score (nSPS) is 14.9. The fourth-order valence-corrected chi connectivity index (χ4v) is 1.60. The molecule has 0 aromatic heterocycles. The molecule has 1 aliphatic rings. The number of carboxylic acids is 1. The van der Waals surface area contributed by atoms with Crippen LogP contribution in [0.1, 0.15) is 25.7 Å². The van der Waals surface area contributed by atoms with Crippen molar-refractivity contribution in [2.45, 2.75) is 31.7 Å². The molecule has 0 unspecified atom stereocenters. The van der Waals surface area contributed by atoms with Crippen molar-refractivity contribution in [3.8, 4) is 0 Å². The molecule has 118 valence electrons. The third kappa shape index (κ3) is 7.14. The first-order valence-corrected chi connectivity index (χ1v) is 6.73. The van der Waals surface area contributed by atoms with Crippen LogP contribution in [0.5, 0.6) is 0 Å². The number of aliphatic carboxylic acids is 1. The highest BCUT2D eigenvalue weighted by atomic mass is 16.4. The summed E-state index contributed by atoms with van der Waals surface area (Å²) in [7, 11) is 0. The van der Waals surface area contributed by atoms with Gasteiger partial charge in [0.15, 0.2) is 0 Å². The second-order valence-corrected chi connectivity index (χ2v) is 4.86. The molecule has 1 saturated carbocycles. The maximum atomic E-state index is 11.5. The summed E-state index contributed by atoms with van der Waals surface area (Å²) < 4.78 is 0. The zero-order valence-electron chi connectivity index (χ0n) is 11.6. The van der Waals surface area contributed by atoms with Gasteiger partial charge in [0, 0.05) is 25.4 Å². The molecule has 0 radical (unpaired) electrons. The van der Waals surface area contributed by atoms with Gasteiger partial charge in [0.25, 0.3) is 0 Å². The summed E-state index contributed by atoms with van der Waals surface area (Å²) in [5.74, 6) is -1.80. The average Bonchev–Trinajstić information content (AvgIpc) is 3.23. The molecule has 4 amide bonds. The minimum Gasteiger partial charge on any atom is -0.480 e. The van der Waals surface area contributed by atoms with Gasteiger partial charge in [-0.2, -0.15) is 0 Å². The molecule has 0 heterocycles. The lowest BCUT2D eigenvalue weighted by atomic mass is 10.1. The number of nitrogens with one attached hydrogen (secondary N) is 3. The van der Waals surface area contributed by atoms with Crippen LogP contribution in [0.25, 0.3) is 0 Å². The summed E-state index contributed by atoms with van der Waals surface area (Å²) in [6, 6.07) is -1.86. The van der Waals surface area contributed by atoms with E-state index in [1.165, 1.54) is 0 Å². The van der Waals surface area contributed by atoms with E-state index in [4.69, 9.17) is 10.8 Å². The van der Waals surface area contributed by atoms with Gasteiger partial charge in [-0.3, -0.25) is 9.59 Å². The number of primary amides is 1. The number of nitrogens with two attached hydrogens (primary N) is 1. The number of hydrogen-bond acceptors (Lipinski definition) is 4. The zero-order chi connectivity index (χ0) is 15.8. The number of hydrogen-bond donors (Lipinski definition) is 5. The summed E-state index contributed by atoms with van der Waals surface area (Å²) in [5, 5.41) is 16.2. The molecular formula is C12H20N4O5. The van der Waals surface area contributed by atoms with E-state index in [1.807, 2.05) is 0 Å². The Labute approximate surface area is 121 Å². The standard InChI is InChI=1S/C12H20N4O5/c13-9(17)4-3-8(11(19)20)16-12(21)15-6-5-14-10(18)7-1-2-7/h7-8H,1-6H2,(H2,13,17)(H,14,18)(H,19,20)(H2,15,16,21)/t8-/m1/s1. The lowest BCUT2D eigenvalue weighted by Gasteiger charge is -2.14. The Morgan fingerprint density at radius 2 is 1.76 bits per heavy atom. The zero-order valence-corrected chi connectivity index (χ0v) is 11.6. The van der Waals surface area contributed by atoms with Gasteiger partial charge in [-0.25, -0.2) is 9.59 Å². The first-order chi connectivity index (χ1) is 9.90. The Bertz CT molecular complexity index is 422. The van der Waals surface area contributed by atoms with Crippen molar-refractivity contribution < 1.29 is 24.3 Å². The largest absolute Gasteiger partial charge is 0.480 e. The van der Waals surface area contributed by atoms with E-state index in [0.717, 1.165) is 12.8 Å². The second kappa shape index (κ2) is 8.08. The molecule has 0 aromatic carbocycles. The number of carboxylic acid groups (broad SMARTS) is 1. The molecule has 1 rings (SSSR count). The maximum absolute atomic E-state index is 11.5. The Morgan fingerprint density at radius 1 is 1.14 bits per heavy atom. The first kappa shape index (κ1) is 16.7. The predicted molar refractivity (Wildman–Crippen MR) is 72.1 cm³/mol. The quantitative estimate of drug-likeness (QED) is 0.329. The van der Waals surface area contributed by atoms with E-state index in [-0.39, 0.29) is 37.8 Å². The van der Waals surface area contributed by atoms with Crippen molar-refractivity contribution in [3.05, 3.63) is 0 Å². The van der Waals surface area contributed by atoms with Gasteiger partial charge in [0.1, 0.15) is 6.04 Å². The van der Waals surface area contributed by atoms with Gasteiger partial charge in [0.2, 0.25) is 11.8 Å². The van der Waals surface area contributed by atoms with Crippen molar-refractivity contribution in [2.75, 3.05) is 13.1 Å². The fourth-order valence-electron chi connectivity index (χ4n) is 1.60. The molecule has 6 N–H and O–H groups in total. The summed E-state index contributed by atoms with van der Waals surface area (Å²) >= 11 is 0. The molecule has 0 aromatic rings. The van der Waals surface area contributed by atoms with Crippen LogP contribution in [0.2, 0.25) is 0 Å². The molecule has 9 heteroatoms. The highest BCUT2D eigenvalue weighted by molar-refractivity contribution is 5.83. The maximum Gasteiger partial charge on any atom is 0.326 e. The molecular weight excluding hydrogens is 280 g/mol. The SMILES string of the molecule is NC(=O)CC[C@@H](NC(=O)NCCNC(=O)C1CC1)C(=O)O. The van der Waals surface area contributed by atoms with Crippen LogP contribution in [0.3, 0.4) is 0 Å². The van der Waals surface area contributed by atoms with E-state index >= 15 is 0 Å². The van der Waals surface area contributed by atoms with Crippen LogP contribution in [-0.2, 0) is 14.4 Å². The van der Waals surface area contributed by atoms with Crippen molar-refractivity contribution >= 4 is 23.8 Å². The van der Waals surface area contributed by atoms with Crippen LogP contribution in [0.15, 0.2) is 0 Å². The van der Waals surface area contributed by atoms with Crippen LogP contribution in [0, 0.1) is 5.92 Å². The van der Waals surface area contributed by atoms with Crippen LogP contribution < -0.4 is 21.7 Å². The van der Waals surface area contributed by atoms with Crippen molar-refractivity contribution in [3.63, 3.8) is 0 Å². The molecule has 9 nitrogen and oxygen atoms in total. The monoisotopic (exact) mass is 300 g/mol. The highest BCUT2D eigenvalue weighted by Gasteiger charge is 2.29. The predicted octanol–water partition coefficient (Wildman–Crippen LogP) is -1.47. The van der Waals surface area contributed by atoms with Gasteiger partial charge >= 0.3 is 12.0 Å². The molecule has 0 aliphatic heterocycles. The minimum absolute atomic E-state index is 0.0259. The van der Waals surface area contributed by atoms with Gasteiger partial charge in [-0.05, 0) is 19.3 Å². The van der Waals surface area contributed by atoms with Crippen LogP contribution in [-0.4, -0.2) is 48.1 Å². The number of rotatable bonds is 9.